The Kier molecular flexibility index (Phi) is 11.1. The number of likely N-dealkylation sites (N-methyl/N-ethyl adjacent to an activating group) is 1. The molecule has 0 amide bonds. The van der Waals surface area contributed by atoms with Crippen molar-refractivity contribution >= 4 is 35.8 Å². The van der Waals surface area contributed by atoms with Crippen molar-refractivity contribution in [2.24, 2.45) is 4.99 Å². The molecule has 0 saturated carbocycles. The second kappa shape index (κ2) is 13.5. The number of aliphatic imine (C=N–C) groups is 1. The Morgan fingerprint density at radius 1 is 1.06 bits per heavy atom. The van der Waals surface area contributed by atoms with Gasteiger partial charge in [-0.1, -0.05) is 36.4 Å². The summed E-state index contributed by atoms with van der Waals surface area (Å²) in [6, 6.07) is 15.2. The van der Waals surface area contributed by atoms with Crippen molar-refractivity contribution in [2.75, 3.05) is 44.7 Å². The number of halogens is 1. The maximum Gasteiger partial charge on any atom is 0.191 e. The number of piperazine rings is 1. The highest BCUT2D eigenvalue weighted by atomic mass is 127. The molecule has 0 aliphatic carbocycles. The summed E-state index contributed by atoms with van der Waals surface area (Å²) in [6.07, 6.45) is 4.08. The molecule has 0 radical (unpaired) electrons. The van der Waals surface area contributed by atoms with Gasteiger partial charge in [0.2, 0.25) is 0 Å². The van der Waals surface area contributed by atoms with E-state index in [1.165, 1.54) is 5.56 Å². The Balaban J connectivity index is 0.00000341. The van der Waals surface area contributed by atoms with Gasteiger partial charge in [-0.15, -0.1) is 24.0 Å². The number of hydrogen-bond acceptors (Lipinski definition) is 4. The van der Waals surface area contributed by atoms with E-state index in [0.717, 1.165) is 62.9 Å². The number of aromatic nitrogens is 1. The van der Waals surface area contributed by atoms with Gasteiger partial charge in [-0.3, -0.25) is 0 Å². The molecular formula is C24H37IN6. The predicted octanol–water partition coefficient (Wildman–Crippen LogP) is 3.53. The Labute approximate surface area is 204 Å². The summed E-state index contributed by atoms with van der Waals surface area (Å²) in [5.74, 6) is 1.93. The van der Waals surface area contributed by atoms with Crippen LogP contribution in [-0.4, -0.2) is 61.7 Å². The highest BCUT2D eigenvalue weighted by molar-refractivity contribution is 14.0. The molecule has 1 aliphatic rings. The third-order valence-electron chi connectivity index (χ3n) is 5.49. The van der Waals surface area contributed by atoms with Crippen molar-refractivity contribution in [1.82, 2.24) is 20.5 Å². The highest BCUT2D eigenvalue weighted by Gasteiger charge is 2.15. The summed E-state index contributed by atoms with van der Waals surface area (Å²) in [7, 11) is 2.17. The van der Waals surface area contributed by atoms with Gasteiger partial charge in [0.1, 0.15) is 5.82 Å². The normalized spacial score (nSPS) is 15.8. The molecule has 3 rings (SSSR count). The van der Waals surface area contributed by atoms with E-state index in [1.807, 2.05) is 6.20 Å². The molecule has 170 valence electrons. The number of anilines is 1. The van der Waals surface area contributed by atoms with Gasteiger partial charge in [0.05, 0.1) is 6.54 Å². The summed E-state index contributed by atoms with van der Waals surface area (Å²) in [6.45, 7) is 10.0. The van der Waals surface area contributed by atoms with Gasteiger partial charge in [0, 0.05) is 45.0 Å². The summed E-state index contributed by atoms with van der Waals surface area (Å²) in [4.78, 5) is 14.1. The monoisotopic (exact) mass is 536 g/mol. The van der Waals surface area contributed by atoms with E-state index >= 15 is 0 Å². The highest BCUT2D eigenvalue weighted by Crippen LogP contribution is 2.14. The number of guanidine groups is 1. The van der Waals surface area contributed by atoms with Gasteiger partial charge < -0.3 is 20.4 Å². The van der Waals surface area contributed by atoms with E-state index in [9.17, 15) is 0 Å². The molecule has 31 heavy (non-hydrogen) atoms. The summed E-state index contributed by atoms with van der Waals surface area (Å²) in [5.41, 5.74) is 2.50. The second-order valence-corrected chi connectivity index (χ2v) is 8.08. The van der Waals surface area contributed by atoms with E-state index in [0.29, 0.717) is 12.6 Å². The lowest BCUT2D eigenvalue weighted by molar-refractivity contribution is 0.312. The van der Waals surface area contributed by atoms with Gasteiger partial charge in [-0.05, 0) is 50.9 Å². The number of benzene rings is 1. The molecule has 1 unspecified atom stereocenters. The lowest BCUT2D eigenvalue weighted by Crippen LogP contribution is -2.44. The molecule has 1 aromatic carbocycles. The number of nitrogens with one attached hydrogen (secondary N) is 2. The lowest BCUT2D eigenvalue weighted by atomic mass is 10.1. The van der Waals surface area contributed by atoms with Crippen molar-refractivity contribution in [2.45, 2.75) is 39.3 Å². The summed E-state index contributed by atoms with van der Waals surface area (Å²) in [5, 5.41) is 6.89. The topological polar surface area (TPSA) is 55.8 Å². The average Bonchev–Trinajstić information content (AvgIpc) is 2.78. The summed E-state index contributed by atoms with van der Waals surface area (Å²) >= 11 is 0. The van der Waals surface area contributed by atoms with Crippen LogP contribution >= 0.6 is 24.0 Å². The van der Waals surface area contributed by atoms with E-state index < -0.39 is 0 Å². The molecule has 0 bridgehead atoms. The third-order valence-corrected chi connectivity index (χ3v) is 5.49. The van der Waals surface area contributed by atoms with Crippen LogP contribution in [0.25, 0.3) is 0 Å². The molecular weight excluding hydrogens is 499 g/mol. The fourth-order valence-electron chi connectivity index (χ4n) is 3.56. The standard InChI is InChI=1S/C24H36N6.HI/c1-4-25-24(28-20(2)10-11-21-8-6-5-7-9-21)27-19-22-12-13-23(26-18-22)30-16-14-29(3)15-17-30;/h5-9,12-13,18,20H,4,10-11,14-17,19H2,1-3H3,(H2,25,27,28);1H. The molecule has 1 atom stereocenters. The average molecular weight is 537 g/mol. The van der Waals surface area contributed by atoms with Crippen LogP contribution in [-0.2, 0) is 13.0 Å². The molecule has 2 aromatic rings. The summed E-state index contributed by atoms with van der Waals surface area (Å²) < 4.78 is 0. The van der Waals surface area contributed by atoms with E-state index in [1.54, 1.807) is 0 Å². The molecule has 2 N–H and O–H groups in total. The van der Waals surface area contributed by atoms with Crippen molar-refractivity contribution in [3.05, 3.63) is 59.8 Å². The van der Waals surface area contributed by atoms with Crippen molar-refractivity contribution in [1.29, 1.82) is 0 Å². The number of pyridine rings is 1. The van der Waals surface area contributed by atoms with Crippen LogP contribution in [0.3, 0.4) is 0 Å². The molecule has 0 spiro atoms. The molecule has 6 nitrogen and oxygen atoms in total. The fraction of sp³-hybridized carbons (Fsp3) is 0.500. The molecule has 1 aliphatic heterocycles. The Morgan fingerprint density at radius 3 is 2.45 bits per heavy atom. The maximum absolute atomic E-state index is 4.76. The first-order valence-corrected chi connectivity index (χ1v) is 11.1. The van der Waals surface area contributed by atoms with Crippen LogP contribution < -0.4 is 15.5 Å². The molecule has 1 fully saturated rings. The SMILES string of the molecule is CCNC(=NCc1ccc(N2CCN(C)CC2)nc1)NC(C)CCc1ccccc1.I. The van der Waals surface area contributed by atoms with E-state index in [-0.39, 0.29) is 24.0 Å². The van der Waals surface area contributed by atoms with Gasteiger partial charge in [0.25, 0.3) is 0 Å². The number of aryl methyl sites for hydroxylation is 1. The zero-order valence-electron chi connectivity index (χ0n) is 19.1. The number of rotatable bonds is 8. The lowest BCUT2D eigenvalue weighted by Gasteiger charge is -2.33. The van der Waals surface area contributed by atoms with E-state index in [4.69, 9.17) is 4.99 Å². The van der Waals surface area contributed by atoms with Crippen LogP contribution in [0.1, 0.15) is 31.4 Å². The molecule has 2 heterocycles. The number of hydrogen-bond donors (Lipinski definition) is 2. The van der Waals surface area contributed by atoms with Gasteiger partial charge in [-0.25, -0.2) is 9.98 Å². The van der Waals surface area contributed by atoms with Crippen LogP contribution in [0.2, 0.25) is 0 Å². The van der Waals surface area contributed by atoms with E-state index in [2.05, 4.69) is 88.8 Å². The van der Waals surface area contributed by atoms with Crippen LogP contribution in [0.15, 0.2) is 53.7 Å². The quantitative estimate of drug-likeness (QED) is 0.307. The van der Waals surface area contributed by atoms with Crippen LogP contribution in [0.4, 0.5) is 5.82 Å². The van der Waals surface area contributed by atoms with Crippen molar-refractivity contribution in [3.8, 4) is 0 Å². The zero-order valence-corrected chi connectivity index (χ0v) is 21.4. The largest absolute Gasteiger partial charge is 0.357 e. The van der Waals surface area contributed by atoms with Gasteiger partial charge >= 0.3 is 0 Å². The first kappa shape index (κ1) is 25.4. The second-order valence-electron chi connectivity index (χ2n) is 8.08. The molecule has 7 heteroatoms. The van der Waals surface area contributed by atoms with Gasteiger partial charge in [-0.2, -0.15) is 0 Å². The zero-order chi connectivity index (χ0) is 21.2. The Hall–Kier alpha value is -1.87. The first-order valence-electron chi connectivity index (χ1n) is 11.1. The Morgan fingerprint density at radius 2 is 1.81 bits per heavy atom. The Bertz CT molecular complexity index is 772. The predicted molar refractivity (Wildman–Crippen MR) is 142 cm³/mol. The van der Waals surface area contributed by atoms with Crippen LogP contribution in [0.5, 0.6) is 0 Å². The fourth-order valence-corrected chi connectivity index (χ4v) is 3.56. The van der Waals surface area contributed by atoms with Crippen molar-refractivity contribution in [3.63, 3.8) is 0 Å². The molecule has 1 aromatic heterocycles. The minimum Gasteiger partial charge on any atom is -0.357 e. The number of nitrogens with zero attached hydrogens (tertiary/aromatic N) is 4. The maximum atomic E-state index is 4.76. The minimum atomic E-state index is 0. The third kappa shape index (κ3) is 8.65. The minimum absolute atomic E-state index is 0. The smallest absolute Gasteiger partial charge is 0.191 e. The first-order chi connectivity index (χ1) is 14.6. The van der Waals surface area contributed by atoms with Crippen LogP contribution in [0, 0.1) is 0 Å². The molecule has 1 saturated heterocycles. The van der Waals surface area contributed by atoms with Gasteiger partial charge in [0.15, 0.2) is 5.96 Å². The van der Waals surface area contributed by atoms with Crippen molar-refractivity contribution < 1.29 is 0 Å².